The van der Waals surface area contributed by atoms with Crippen LogP contribution in [0, 0.1) is 5.92 Å². The predicted molar refractivity (Wildman–Crippen MR) is 55.1 cm³/mol. The molecule has 1 saturated carbocycles. The van der Waals surface area contributed by atoms with Gasteiger partial charge in [-0.25, -0.2) is 0 Å². The van der Waals surface area contributed by atoms with Crippen LogP contribution in [0.2, 0.25) is 0 Å². The Labute approximate surface area is 93.9 Å². The van der Waals surface area contributed by atoms with E-state index in [9.17, 15) is 12.3 Å². The van der Waals surface area contributed by atoms with Crippen LogP contribution in [0.15, 0.2) is 5.16 Å². The van der Waals surface area contributed by atoms with Gasteiger partial charge in [0.15, 0.2) is 0 Å². The third-order valence-corrected chi connectivity index (χ3v) is 3.17. The van der Waals surface area contributed by atoms with E-state index in [4.69, 9.17) is 0 Å². The molecule has 2 rings (SSSR count). The second kappa shape index (κ2) is 3.80. The Balaban J connectivity index is 2.44. The van der Waals surface area contributed by atoms with Crippen LogP contribution >= 0.6 is 0 Å². The van der Waals surface area contributed by atoms with E-state index in [0.29, 0.717) is 18.2 Å². The van der Waals surface area contributed by atoms with Gasteiger partial charge in [0.2, 0.25) is 0 Å². The molecule has 1 aromatic heterocycles. The summed E-state index contributed by atoms with van der Waals surface area (Å²) in [6.07, 6.45) is 2.34. The maximum absolute atomic E-state index is 13.0. The molecular formula is C9H14FN3O2S. The second-order valence-corrected chi connectivity index (χ2v) is 5.78. The van der Waals surface area contributed by atoms with Gasteiger partial charge < -0.3 is 0 Å². The molecule has 1 aliphatic carbocycles. The quantitative estimate of drug-likeness (QED) is 0.756. The normalized spacial score (nSPS) is 17.0. The molecule has 0 bridgehead atoms. The average molecular weight is 247 g/mol. The third kappa shape index (κ3) is 2.23. The van der Waals surface area contributed by atoms with Gasteiger partial charge in [0.25, 0.3) is 5.16 Å². The lowest BCUT2D eigenvalue weighted by atomic mass is 10.1. The van der Waals surface area contributed by atoms with Gasteiger partial charge in [0.1, 0.15) is 5.82 Å². The van der Waals surface area contributed by atoms with Crippen LogP contribution in [0.5, 0.6) is 0 Å². The molecule has 1 heterocycles. The van der Waals surface area contributed by atoms with Gasteiger partial charge >= 0.3 is 10.2 Å². The first-order valence-corrected chi connectivity index (χ1v) is 6.66. The molecule has 1 fully saturated rings. The number of nitrogens with zero attached hydrogens (tertiary/aromatic N) is 3. The Morgan fingerprint density at radius 2 is 2.06 bits per heavy atom. The average Bonchev–Trinajstić information content (AvgIpc) is 2.86. The fourth-order valence-corrected chi connectivity index (χ4v) is 2.31. The summed E-state index contributed by atoms with van der Waals surface area (Å²) in [6.45, 7) is 3.99. The highest BCUT2D eigenvalue weighted by atomic mass is 32.3. The van der Waals surface area contributed by atoms with Crippen molar-refractivity contribution in [2.24, 2.45) is 5.92 Å². The Morgan fingerprint density at radius 3 is 2.50 bits per heavy atom. The Morgan fingerprint density at radius 1 is 1.44 bits per heavy atom. The fourth-order valence-electron chi connectivity index (χ4n) is 1.68. The van der Waals surface area contributed by atoms with Crippen LogP contribution in [-0.4, -0.2) is 23.2 Å². The summed E-state index contributed by atoms with van der Waals surface area (Å²) < 4.78 is 36.2. The molecule has 0 atom stereocenters. The first-order chi connectivity index (χ1) is 7.39. The highest BCUT2D eigenvalue weighted by molar-refractivity contribution is 7.86. The molecule has 1 aromatic rings. The van der Waals surface area contributed by atoms with E-state index < -0.39 is 15.4 Å². The van der Waals surface area contributed by atoms with E-state index in [2.05, 4.69) is 10.2 Å². The third-order valence-electron chi connectivity index (χ3n) is 2.46. The molecule has 0 amide bonds. The number of hydrogen-bond acceptors (Lipinski definition) is 4. The standard InChI is InChI=1S/C9H14FN3O2S/c1-6(2)5-8-11-12-9(16(10,14)15)13(8)7-3-4-7/h6-7H,3-5H2,1-2H3. The van der Waals surface area contributed by atoms with E-state index in [0.717, 1.165) is 12.8 Å². The van der Waals surface area contributed by atoms with Gasteiger partial charge in [-0.05, 0) is 18.8 Å². The van der Waals surface area contributed by atoms with E-state index in [1.165, 1.54) is 4.57 Å². The summed E-state index contributed by atoms with van der Waals surface area (Å²) in [7, 11) is -4.76. The Bertz CT molecular complexity index is 491. The minimum Gasteiger partial charge on any atom is -0.296 e. The molecular weight excluding hydrogens is 233 g/mol. The zero-order valence-electron chi connectivity index (χ0n) is 9.22. The first kappa shape index (κ1) is 11.5. The first-order valence-electron chi connectivity index (χ1n) is 5.28. The molecule has 1 aliphatic rings. The molecule has 7 heteroatoms. The molecule has 0 saturated heterocycles. The van der Waals surface area contributed by atoms with Crippen molar-refractivity contribution in [1.82, 2.24) is 14.8 Å². The number of halogens is 1. The van der Waals surface area contributed by atoms with Crippen LogP contribution in [0.1, 0.15) is 38.6 Å². The highest BCUT2D eigenvalue weighted by Crippen LogP contribution is 2.38. The minimum atomic E-state index is -4.76. The lowest BCUT2D eigenvalue weighted by molar-refractivity contribution is 0.511. The van der Waals surface area contributed by atoms with Gasteiger partial charge in [-0.3, -0.25) is 4.57 Å². The van der Waals surface area contributed by atoms with Gasteiger partial charge in [-0.1, -0.05) is 17.7 Å². The predicted octanol–water partition coefficient (Wildman–Crippen LogP) is 1.47. The van der Waals surface area contributed by atoms with Crippen LogP contribution in [0.25, 0.3) is 0 Å². The Hall–Kier alpha value is -0.980. The number of hydrogen-bond donors (Lipinski definition) is 0. The SMILES string of the molecule is CC(C)Cc1nnc(S(=O)(=O)F)n1C1CC1. The number of rotatable bonds is 4. The van der Waals surface area contributed by atoms with Crippen molar-refractivity contribution in [3.63, 3.8) is 0 Å². The summed E-state index contributed by atoms with van der Waals surface area (Å²) in [5, 5.41) is 6.69. The monoisotopic (exact) mass is 247 g/mol. The van der Waals surface area contributed by atoms with Crippen molar-refractivity contribution < 1.29 is 12.3 Å². The topological polar surface area (TPSA) is 64.8 Å². The van der Waals surface area contributed by atoms with Crippen LogP contribution in [0.3, 0.4) is 0 Å². The highest BCUT2D eigenvalue weighted by Gasteiger charge is 2.34. The van der Waals surface area contributed by atoms with E-state index in [1.54, 1.807) is 0 Å². The molecule has 90 valence electrons. The van der Waals surface area contributed by atoms with E-state index in [1.807, 2.05) is 13.8 Å². The summed E-state index contributed by atoms with van der Waals surface area (Å²) in [5.74, 6) is 0.894. The fraction of sp³-hybridized carbons (Fsp3) is 0.778. The molecule has 0 spiro atoms. The minimum absolute atomic E-state index is 0.0595. The zero-order chi connectivity index (χ0) is 11.9. The van der Waals surface area contributed by atoms with Crippen molar-refractivity contribution in [3.8, 4) is 0 Å². The molecule has 0 aliphatic heterocycles. The number of aromatic nitrogens is 3. The van der Waals surface area contributed by atoms with Gasteiger partial charge in [0, 0.05) is 12.5 Å². The molecule has 5 nitrogen and oxygen atoms in total. The van der Waals surface area contributed by atoms with E-state index in [-0.39, 0.29) is 6.04 Å². The Kier molecular flexibility index (Phi) is 2.73. The zero-order valence-corrected chi connectivity index (χ0v) is 10.0. The summed E-state index contributed by atoms with van der Waals surface area (Å²) in [4.78, 5) is 0. The lowest BCUT2D eigenvalue weighted by Gasteiger charge is -2.08. The lowest BCUT2D eigenvalue weighted by Crippen LogP contribution is -2.10. The van der Waals surface area contributed by atoms with Crippen LogP contribution in [0.4, 0.5) is 3.89 Å². The van der Waals surface area contributed by atoms with Crippen molar-refractivity contribution >= 4 is 10.2 Å². The van der Waals surface area contributed by atoms with Crippen LogP contribution < -0.4 is 0 Å². The van der Waals surface area contributed by atoms with E-state index >= 15 is 0 Å². The van der Waals surface area contributed by atoms with Gasteiger partial charge in [-0.15, -0.1) is 10.2 Å². The van der Waals surface area contributed by atoms with Crippen molar-refractivity contribution in [2.45, 2.75) is 44.3 Å². The smallest absolute Gasteiger partial charge is 0.296 e. The second-order valence-electron chi connectivity index (χ2n) is 4.54. The van der Waals surface area contributed by atoms with Crippen molar-refractivity contribution in [3.05, 3.63) is 5.82 Å². The summed E-state index contributed by atoms with van der Waals surface area (Å²) in [5.41, 5.74) is 0. The molecule has 0 unspecified atom stereocenters. The van der Waals surface area contributed by atoms with Crippen molar-refractivity contribution in [2.75, 3.05) is 0 Å². The van der Waals surface area contributed by atoms with Gasteiger partial charge in [-0.2, -0.15) is 8.42 Å². The molecule has 16 heavy (non-hydrogen) atoms. The summed E-state index contributed by atoms with van der Waals surface area (Å²) in [6, 6.07) is 0.0595. The molecule has 0 aromatic carbocycles. The maximum Gasteiger partial charge on any atom is 0.368 e. The molecule has 0 N–H and O–H groups in total. The summed E-state index contributed by atoms with van der Waals surface area (Å²) >= 11 is 0. The maximum atomic E-state index is 13.0. The molecule has 0 radical (unpaired) electrons. The van der Waals surface area contributed by atoms with Gasteiger partial charge in [0.05, 0.1) is 0 Å². The largest absolute Gasteiger partial charge is 0.368 e. The van der Waals surface area contributed by atoms with Crippen molar-refractivity contribution in [1.29, 1.82) is 0 Å². The van der Waals surface area contributed by atoms with Crippen LogP contribution in [-0.2, 0) is 16.6 Å².